The Balaban J connectivity index is 1.24. The molecule has 1 saturated heterocycles. The van der Waals surface area contributed by atoms with Gasteiger partial charge in [0, 0.05) is 44.6 Å². The Kier molecular flexibility index (Phi) is 3.79. The third-order valence-electron chi connectivity index (χ3n) is 4.94. The Hall–Kier alpha value is -2.27. The predicted octanol–water partition coefficient (Wildman–Crippen LogP) is 2.18. The van der Waals surface area contributed by atoms with Crippen LogP contribution in [0.1, 0.15) is 12.0 Å². The van der Waals surface area contributed by atoms with Crippen LogP contribution >= 0.6 is 0 Å². The Morgan fingerprint density at radius 3 is 2.52 bits per heavy atom. The zero-order valence-electron chi connectivity index (χ0n) is 12.9. The van der Waals surface area contributed by atoms with Crippen LogP contribution in [0.15, 0.2) is 49.1 Å². The molecule has 5 heteroatoms. The van der Waals surface area contributed by atoms with Crippen LogP contribution in [0.4, 0.5) is 5.69 Å². The van der Waals surface area contributed by atoms with Gasteiger partial charge in [0.1, 0.15) is 0 Å². The molecule has 2 aliphatic rings. The predicted molar refractivity (Wildman–Crippen MR) is 87.5 cm³/mol. The number of nitrogens with zero attached hydrogens (tertiary/aromatic N) is 3. The Bertz CT molecular complexity index is 664. The first-order valence-electron chi connectivity index (χ1n) is 8.11. The molecule has 2 aromatic heterocycles. The summed E-state index contributed by atoms with van der Waals surface area (Å²) in [7, 11) is 0. The maximum absolute atomic E-state index is 12.1. The van der Waals surface area contributed by atoms with Crippen LogP contribution in [0.3, 0.4) is 0 Å². The van der Waals surface area contributed by atoms with E-state index in [1.807, 2.05) is 30.6 Å². The molecule has 1 saturated carbocycles. The third-order valence-corrected chi connectivity index (χ3v) is 4.94. The first-order chi connectivity index (χ1) is 11.3. The van der Waals surface area contributed by atoms with Crippen LogP contribution < -0.4 is 5.32 Å². The second-order valence-electron chi connectivity index (χ2n) is 6.54. The molecule has 2 aromatic rings. The van der Waals surface area contributed by atoms with Crippen molar-refractivity contribution in [2.75, 3.05) is 18.4 Å². The number of piperidine rings is 1. The maximum Gasteiger partial charge on any atom is 0.224 e. The highest BCUT2D eigenvalue weighted by molar-refractivity contribution is 5.90. The highest BCUT2D eigenvalue weighted by Crippen LogP contribution is 2.53. The smallest absolute Gasteiger partial charge is 0.224 e. The van der Waals surface area contributed by atoms with E-state index in [2.05, 4.69) is 26.3 Å². The number of carbonyl (C=O) groups excluding carboxylic acids is 1. The number of fused-ring (bicyclic) bond motifs is 1. The number of amides is 1. The average molecular weight is 308 g/mol. The van der Waals surface area contributed by atoms with E-state index >= 15 is 0 Å². The van der Waals surface area contributed by atoms with E-state index in [0.717, 1.165) is 25.3 Å². The topological polar surface area (TPSA) is 58.1 Å². The maximum atomic E-state index is 12.1. The van der Waals surface area contributed by atoms with Crippen LogP contribution in [0, 0.1) is 17.8 Å². The van der Waals surface area contributed by atoms with Gasteiger partial charge in [-0.2, -0.15) is 0 Å². The summed E-state index contributed by atoms with van der Waals surface area (Å²) in [6, 6.07) is 7.81. The van der Waals surface area contributed by atoms with E-state index in [4.69, 9.17) is 0 Å². The number of hydrogen-bond acceptors (Lipinski definition) is 4. The second-order valence-corrected chi connectivity index (χ2v) is 6.54. The third kappa shape index (κ3) is 3.24. The first-order valence-corrected chi connectivity index (χ1v) is 8.11. The highest BCUT2D eigenvalue weighted by Gasteiger charge is 2.55. The average Bonchev–Trinajstić information content (AvgIpc) is 3.01. The fourth-order valence-corrected chi connectivity index (χ4v) is 3.78. The summed E-state index contributed by atoms with van der Waals surface area (Å²) < 4.78 is 0. The molecule has 3 atom stereocenters. The van der Waals surface area contributed by atoms with Crippen molar-refractivity contribution in [1.82, 2.24) is 14.9 Å². The number of aromatic nitrogens is 2. The first kappa shape index (κ1) is 14.3. The molecule has 0 aromatic carbocycles. The van der Waals surface area contributed by atoms with Crippen molar-refractivity contribution in [2.45, 2.75) is 13.0 Å². The fraction of sp³-hybridized carbons (Fsp3) is 0.389. The van der Waals surface area contributed by atoms with Gasteiger partial charge in [-0.15, -0.1) is 0 Å². The molecule has 1 amide bonds. The molecular weight excluding hydrogens is 288 g/mol. The molecular formula is C18H20N4O. The molecule has 5 nitrogen and oxygen atoms in total. The number of hydrogen-bond donors (Lipinski definition) is 1. The van der Waals surface area contributed by atoms with Crippen molar-refractivity contribution in [3.05, 3.63) is 54.6 Å². The van der Waals surface area contributed by atoms with E-state index < -0.39 is 0 Å². The lowest BCUT2D eigenvalue weighted by atomic mass is 10.1. The molecule has 3 heterocycles. The lowest BCUT2D eigenvalue weighted by Gasteiger charge is -2.19. The van der Waals surface area contributed by atoms with Crippen LogP contribution in [0.5, 0.6) is 0 Å². The number of anilines is 1. The molecule has 118 valence electrons. The molecule has 4 rings (SSSR count). The van der Waals surface area contributed by atoms with Gasteiger partial charge in [-0.1, -0.05) is 6.07 Å². The molecule has 2 fully saturated rings. The van der Waals surface area contributed by atoms with Gasteiger partial charge in [-0.05, 0) is 41.5 Å². The summed E-state index contributed by atoms with van der Waals surface area (Å²) in [6.07, 6.45) is 7.76. The summed E-state index contributed by atoms with van der Waals surface area (Å²) in [5.74, 6) is 2.03. The van der Waals surface area contributed by atoms with Gasteiger partial charge in [0.2, 0.25) is 5.91 Å². The van der Waals surface area contributed by atoms with Crippen LogP contribution in [0.2, 0.25) is 0 Å². The number of rotatable bonds is 5. The minimum absolute atomic E-state index is 0.108. The van der Waals surface area contributed by atoms with E-state index in [1.165, 1.54) is 5.56 Å². The summed E-state index contributed by atoms with van der Waals surface area (Å²) in [4.78, 5) is 22.8. The lowest BCUT2D eigenvalue weighted by molar-refractivity contribution is -0.116. The molecule has 23 heavy (non-hydrogen) atoms. The van der Waals surface area contributed by atoms with Crippen molar-refractivity contribution in [1.29, 1.82) is 0 Å². The Morgan fingerprint density at radius 1 is 1.13 bits per heavy atom. The zero-order valence-corrected chi connectivity index (χ0v) is 12.9. The summed E-state index contributed by atoms with van der Waals surface area (Å²) in [5, 5.41) is 2.93. The van der Waals surface area contributed by atoms with Gasteiger partial charge in [0.15, 0.2) is 0 Å². The quantitative estimate of drug-likeness (QED) is 0.920. The summed E-state index contributed by atoms with van der Waals surface area (Å²) in [5.41, 5.74) is 2.04. The van der Waals surface area contributed by atoms with Gasteiger partial charge < -0.3 is 5.32 Å². The molecule has 1 aliphatic heterocycles. The lowest BCUT2D eigenvalue weighted by Crippen LogP contribution is -2.25. The van der Waals surface area contributed by atoms with Gasteiger partial charge in [-0.3, -0.25) is 19.7 Å². The standard InChI is InChI=1S/C18H20N4O/c23-18(21-14-4-2-6-20-9-14)7-15-16-11-22(12-17(15)16)10-13-3-1-5-19-8-13/h1-6,8-9,15-17H,7,10-12H2,(H,21,23)/t15?,16-,17+. The summed E-state index contributed by atoms with van der Waals surface area (Å²) >= 11 is 0. The molecule has 0 bridgehead atoms. The number of likely N-dealkylation sites (tertiary alicyclic amines) is 1. The van der Waals surface area contributed by atoms with Gasteiger partial charge in [-0.25, -0.2) is 0 Å². The minimum atomic E-state index is 0.108. The van der Waals surface area contributed by atoms with E-state index in [0.29, 0.717) is 24.2 Å². The largest absolute Gasteiger partial charge is 0.325 e. The van der Waals surface area contributed by atoms with Crippen LogP contribution in [-0.4, -0.2) is 33.9 Å². The Labute approximate surface area is 135 Å². The van der Waals surface area contributed by atoms with E-state index in [9.17, 15) is 4.79 Å². The SMILES string of the molecule is O=C(CC1[C@H]2CN(Cc3cccnc3)C[C@@H]12)Nc1cccnc1. The molecule has 0 spiro atoms. The van der Waals surface area contributed by atoms with E-state index in [-0.39, 0.29) is 5.91 Å². The molecule has 0 radical (unpaired) electrons. The monoisotopic (exact) mass is 308 g/mol. The summed E-state index contributed by atoms with van der Waals surface area (Å²) in [6.45, 7) is 3.17. The van der Waals surface area contributed by atoms with Gasteiger partial charge >= 0.3 is 0 Å². The number of pyridine rings is 2. The molecule has 1 unspecified atom stereocenters. The highest BCUT2D eigenvalue weighted by atomic mass is 16.1. The van der Waals surface area contributed by atoms with E-state index in [1.54, 1.807) is 12.4 Å². The normalized spacial score (nSPS) is 25.8. The van der Waals surface area contributed by atoms with Gasteiger partial charge in [0.05, 0.1) is 11.9 Å². The number of nitrogens with one attached hydrogen (secondary N) is 1. The Morgan fingerprint density at radius 2 is 1.87 bits per heavy atom. The van der Waals surface area contributed by atoms with Crippen molar-refractivity contribution in [2.24, 2.45) is 17.8 Å². The fourth-order valence-electron chi connectivity index (χ4n) is 3.78. The van der Waals surface area contributed by atoms with Crippen LogP contribution in [0.25, 0.3) is 0 Å². The van der Waals surface area contributed by atoms with Crippen molar-refractivity contribution in [3.63, 3.8) is 0 Å². The zero-order chi connectivity index (χ0) is 15.6. The van der Waals surface area contributed by atoms with Crippen LogP contribution in [-0.2, 0) is 11.3 Å². The van der Waals surface area contributed by atoms with Crippen molar-refractivity contribution >= 4 is 11.6 Å². The van der Waals surface area contributed by atoms with Gasteiger partial charge in [0.25, 0.3) is 0 Å². The van der Waals surface area contributed by atoms with Crippen molar-refractivity contribution < 1.29 is 4.79 Å². The molecule has 1 aliphatic carbocycles. The minimum Gasteiger partial charge on any atom is -0.325 e. The second kappa shape index (κ2) is 6.08. The van der Waals surface area contributed by atoms with Crippen molar-refractivity contribution in [3.8, 4) is 0 Å². The molecule has 1 N–H and O–H groups in total. The number of carbonyl (C=O) groups is 1.